The molecule has 0 unspecified atom stereocenters. The van der Waals surface area contributed by atoms with Crippen LogP contribution < -0.4 is 10.4 Å². The Kier molecular flexibility index (Phi) is 6.02. The highest BCUT2D eigenvalue weighted by atomic mass is 16.5. The van der Waals surface area contributed by atoms with Crippen LogP contribution in [0.25, 0.3) is 0 Å². The molecule has 0 radical (unpaired) electrons. The van der Waals surface area contributed by atoms with Gasteiger partial charge >= 0.3 is 0 Å². The first kappa shape index (κ1) is 18.1. The lowest BCUT2D eigenvalue weighted by atomic mass is 9.89. The van der Waals surface area contributed by atoms with Crippen molar-refractivity contribution >= 4 is 17.4 Å². The number of anilines is 1. The van der Waals surface area contributed by atoms with E-state index < -0.39 is 5.91 Å². The largest absolute Gasteiger partial charge is 0.371 e. The van der Waals surface area contributed by atoms with Crippen molar-refractivity contribution in [2.75, 3.05) is 18.0 Å². The number of Topliss-reactive ketones (excluding diaryl/α,β-unsaturated/α-hetero) is 1. The molecule has 26 heavy (non-hydrogen) atoms. The van der Waals surface area contributed by atoms with E-state index in [-0.39, 0.29) is 18.6 Å². The summed E-state index contributed by atoms with van der Waals surface area (Å²) in [5.74, 6) is -0.0230. The van der Waals surface area contributed by atoms with Gasteiger partial charge in [-0.3, -0.25) is 14.8 Å². The van der Waals surface area contributed by atoms with Crippen molar-refractivity contribution in [2.45, 2.75) is 31.6 Å². The van der Waals surface area contributed by atoms with Gasteiger partial charge in [0.1, 0.15) is 0 Å². The van der Waals surface area contributed by atoms with Gasteiger partial charge in [-0.2, -0.15) is 0 Å². The number of hydrogen-bond acceptors (Lipinski definition) is 4. The summed E-state index contributed by atoms with van der Waals surface area (Å²) in [5.41, 5.74) is 4.68. The van der Waals surface area contributed by atoms with Crippen molar-refractivity contribution in [3.63, 3.8) is 0 Å². The van der Waals surface area contributed by atoms with Crippen LogP contribution in [0.5, 0.6) is 0 Å². The van der Waals surface area contributed by atoms with E-state index in [1.165, 1.54) is 5.56 Å². The molecule has 1 aliphatic rings. The van der Waals surface area contributed by atoms with Crippen LogP contribution in [-0.4, -0.2) is 30.0 Å². The Morgan fingerprint density at radius 2 is 1.62 bits per heavy atom. The minimum absolute atomic E-state index is 0.00984. The number of nitrogens with one attached hydrogen (secondary N) is 1. The van der Waals surface area contributed by atoms with Crippen LogP contribution in [0.3, 0.4) is 0 Å². The van der Waals surface area contributed by atoms with Crippen LogP contribution in [-0.2, 0) is 4.79 Å². The lowest BCUT2D eigenvalue weighted by Crippen LogP contribution is -2.32. The number of benzene rings is 2. The second kappa shape index (κ2) is 8.63. The van der Waals surface area contributed by atoms with Crippen molar-refractivity contribution < 1.29 is 14.8 Å². The molecule has 5 nitrogen and oxygen atoms in total. The zero-order valence-corrected chi connectivity index (χ0v) is 14.7. The first-order valence-electron chi connectivity index (χ1n) is 9.03. The Hall–Kier alpha value is -2.66. The zero-order valence-electron chi connectivity index (χ0n) is 14.7. The van der Waals surface area contributed by atoms with Crippen molar-refractivity contribution in [2.24, 2.45) is 0 Å². The monoisotopic (exact) mass is 352 g/mol. The van der Waals surface area contributed by atoms with Crippen LogP contribution in [0.2, 0.25) is 0 Å². The number of nitrogens with zero attached hydrogens (tertiary/aromatic N) is 1. The number of hydrogen-bond donors (Lipinski definition) is 2. The third-order valence-electron chi connectivity index (χ3n) is 5.02. The summed E-state index contributed by atoms with van der Waals surface area (Å²) in [5, 5.41) is 8.47. The van der Waals surface area contributed by atoms with Gasteiger partial charge in [-0.1, -0.05) is 30.3 Å². The molecule has 2 aromatic carbocycles. The molecule has 1 saturated heterocycles. The molecular formula is C21H24N2O3. The molecule has 5 heteroatoms. The standard InChI is InChI=1S/C21H24N2O3/c24-20(10-11-21(25)22-26)18-6-8-19(9-7-18)23-14-12-17(13-15-23)16-4-2-1-3-5-16/h1-9,17,26H,10-15H2,(H,22,25). The molecular weight excluding hydrogens is 328 g/mol. The molecule has 0 aromatic heterocycles. The third kappa shape index (κ3) is 4.49. The van der Waals surface area contributed by atoms with Gasteiger partial charge in [0.05, 0.1) is 0 Å². The lowest BCUT2D eigenvalue weighted by Gasteiger charge is -2.34. The summed E-state index contributed by atoms with van der Waals surface area (Å²) < 4.78 is 0. The molecule has 2 aromatic rings. The number of piperidine rings is 1. The molecule has 1 amide bonds. The normalized spacial score (nSPS) is 14.9. The number of amides is 1. The molecule has 1 aliphatic heterocycles. The van der Waals surface area contributed by atoms with E-state index in [0.717, 1.165) is 31.6 Å². The van der Waals surface area contributed by atoms with E-state index >= 15 is 0 Å². The minimum Gasteiger partial charge on any atom is -0.371 e. The Balaban J connectivity index is 1.54. The molecule has 136 valence electrons. The molecule has 0 spiro atoms. The number of carbonyl (C=O) groups is 2. The first-order valence-corrected chi connectivity index (χ1v) is 9.03. The second-order valence-electron chi connectivity index (χ2n) is 6.68. The lowest BCUT2D eigenvalue weighted by molar-refractivity contribution is -0.129. The topological polar surface area (TPSA) is 69.6 Å². The zero-order chi connectivity index (χ0) is 18.4. The van der Waals surface area contributed by atoms with Crippen molar-refractivity contribution in [1.29, 1.82) is 0 Å². The SMILES string of the molecule is O=C(CCC(=O)c1ccc(N2CCC(c3ccccc3)CC2)cc1)NO. The maximum Gasteiger partial charge on any atom is 0.243 e. The highest BCUT2D eigenvalue weighted by Crippen LogP contribution is 2.30. The van der Waals surface area contributed by atoms with Gasteiger partial charge in [0.2, 0.25) is 5.91 Å². The Labute approximate surface area is 153 Å². The molecule has 1 heterocycles. The second-order valence-corrected chi connectivity index (χ2v) is 6.68. The molecule has 0 saturated carbocycles. The molecule has 0 atom stereocenters. The van der Waals surface area contributed by atoms with E-state index in [9.17, 15) is 9.59 Å². The van der Waals surface area contributed by atoms with Crippen LogP contribution >= 0.6 is 0 Å². The van der Waals surface area contributed by atoms with Crippen molar-refractivity contribution in [1.82, 2.24) is 5.48 Å². The number of ketones is 1. The highest BCUT2D eigenvalue weighted by Gasteiger charge is 2.20. The average Bonchev–Trinajstić information content (AvgIpc) is 2.72. The fourth-order valence-electron chi connectivity index (χ4n) is 3.48. The fourth-order valence-corrected chi connectivity index (χ4v) is 3.48. The van der Waals surface area contributed by atoms with E-state index in [1.54, 1.807) is 5.48 Å². The van der Waals surface area contributed by atoms with E-state index in [0.29, 0.717) is 11.5 Å². The molecule has 3 rings (SSSR count). The van der Waals surface area contributed by atoms with Crippen LogP contribution in [0.4, 0.5) is 5.69 Å². The van der Waals surface area contributed by atoms with Gasteiger partial charge in [0.25, 0.3) is 0 Å². The first-order chi connectivity index (χ1) is 12.7. The third-order valence-corrected chi connectivity index (χ3v) is 5.02. The maximum absolute atomic E-state index is 12.1. The number of rotatable bonds is 6. The number of carbonyl (C=O) groups excluding carboxylic acids is 2. The number of hydroxylamine groups is 1. The highest BCUT2D eigenvalue weighted by molar-refractivity contribution is 5.98. The smallest absolute Gasteiger partial charge is 0.243 e. The van der Waals surface area contributed by atoms with Crippen molar-refractivity contribution in [3.8, 4) is 0 Å². The van der Waals surface area contributed by atoms with Gasteiger partial charge < -0.3 is 4.90 Å². The van der Waals surface area contributed by atoms with Gasteiger partial charge in [-0.25, -0.2) is 5.48 Å². The molecule has 0 aliphatic carbocycles. The summed E-state index contributed by atoms with van der Waals surface area (Å²) >= 11 is 0. The predicted octanol–water partition coefficient (Wildman–Crippen LogP) is 3.54. The quantitative estimate of drug-likeness (QED) is 0.474. The average molecular weight is 352 g/mol. The fraction of sp³-hybridized carbons (Fsp3) is 0.333. The molecule has 0 bridgehead atoms. The van der Waals surface area contributed by atoms with E-state index in [2.05, 4.69) is 35.2 Å². The summed E-state index contributed by atoms with van der Waals surface area (Å²) in [4.78, 5) is 25.4. The minimum atomic E-state index is -0.545. The molecule has 1 fully saturated rings. The summed E-state index contributed by atoms with van der Waals surface area (Å²) in [6.07, 6.45) is 2.33. The maximum atomic E-state index is 12.1. The van der Waals surface area contributed by atoms with Crippen LogP contribution in [0.1, 0.15) is 47.5 Å². The van der Waals surface area contributed by atoms with Crippen molar-refractivity contribution in [3.05, 3.63) is 65.7 Å². The summed E-state index contributed by atoms with van der Waals surface area (Å²) in [7, 11) is 0. The molecule has 2 N–H and O–H groups in total. The van der Waals surface area contributed by atoms with E-state index in [1.807, 2.05) is 24.3 Å². The van der Waals surface area contributed by atoms with Gasteiger partial charge in [0, 0.05) is 37.2 Å². The van der Waals surface area contributed by atoms with Gasteiger partial charge in [-0.05, 0) is 48.6 Å². The summed E-state index contributed by atoms with van der Waals surface area (Å²) in [6, 6.07) is 18.2. The van der Waals surface area contributed by atoms with Crippen LogP contribution in [0.15, 0.2) is 54.6 Å². The van der Waals surface area contributed by atoms with E-state index in [4.69, 9.17) is 5.21 Å². The van der Waals surface area contributed by atoms with Gasteiger partial charge in [0.15, 0.2) is 5.78 Å². The Bertz CT molecular complexity index is 736. The Morgan fingerprint density at radius 1 is 0.962 bits per heavy atom. The van der Waals surface area contributed by atoms with Gasteiger partial charge in [-0.15, -0.1) is 0 Å². The van der Waals surface area contributed by atoms with Crippen LogP contribution in [0, 0.1) is 0 Å². The summed E-state index contributed by atoms with van der Waals surface area (Å²) in [6.45, 7) is 2.01. The Morgan fingerprint density at radius 3 is 2.23 bits per heavy atom. The predicted molar refractivity (Wildman–Crippen MR) is 101 cm³/mol.